The van der Waals surface area contributed by atoms with Gasteiger partial charge in [0.1, 0.15) is 0 Å². The Morgan fingerprint density at radius 1 is 1.17 bits per heavy atom. The highest BCUT2D eigenvalue weighted by atomic mass is 15.3. The van der Waals surface area contributed by atoms with Gasteiger partial charge in [0.25, 0.3) is 0 Å². The highest BCUT2D eigenvalue weighted by Crippen LogP contribution is 2.24. The minimum atomic E-state index is 0.437. The molecule has 1 aromatic heterocycles. The van der Waals surface area contributed by atoms with Gasteiger partial charge in [0.2, 0.25) is 5.95 Å². The van der Waals surface area contributed by atoms with Crippen molar-refractivity contribution in [3.05, 3.63) is 17.5 Å². The number of anilines is 1. The Kier molecular flexibility index (Phi) is 2.89. The molecule has 18 heavy (non-hydrogen) atoms. The monoisotopic (exact) mass is 245 g/mol. The van der Waals surface area contributed by atoms with Crippen LogP contribution in [-0.4, -0.2) is 28.0 Å². The lowest BCUT2D eigenvalue weighted by Crippen LogP contribution is -2.39. The highest BCUT2D eigenvalue weighted by molar-refractivity contribution is 5.93. The van der Waals surface area contributed by atoms with Crippen molar-refractivity contribution in [2.45, 2.75) is 51.6 Å². The fraction of sp³-hybridized carbons (Fsp3) is 0.615. The smallest absolute Gasteiger partial charge is 0.229 e. The van der Waals surface area contributed by atoms with E-state index < -0.39 is 0 Å². The summed E-state index contributed by atoms with van der Waals surface area (Å²) < 4.78 is 0. The zero-order valence-corrected chi connectivity index (χ0v) is 10.9. The van der Waals surface area contributed by atoms with E-state index >= 15 is 0 Å². The number of hydrogen-bond acceptors (Lipinski definition) is 5. The third-order valence-corrected chi connectivity index (χ3v) is 3.56. The Morgan fingerprint density at radius 3 is 2.61 bits per heavy atom. The normalized spacial score (nSPS) is 26.2. The lowest BCUT2D eigenvalue weighted by Gasteiger charge is -2.22. The number of nitrogens with zero attached hydrogens (tertiary/aromatic N) is 3. The van der Waals surface area contributed by atoms with Gasteiger partial charge in [0.15, 0.2) is 5.96 Å². The first-order chi connectivity index (χ1) is 8.70. The predicted molar refractivity (Wildman–Crippen MR) is 71.7 cm³/mol. The molecule has 0 amide bonds. The average Bonchev–Trinajstić information content (AvgIpc) is 2.69. The van der Waals surface area contributed by atoms with E-state index in [9.17, 15) is 0 Å². The summed E-state index contributed by atoms with van der Waals surface area (Å²) in [5.41, 5.74) is 1.95. The van der Waals surface area contributed by atoms with Gasteiger partial charge in [-0.05, 0) is 32.8 Å². The number of hydrogen-bond donors (Lipinski definition) is 2. The predicted octanol–water partition coefficient (Wildman–Crippen LogP) is 1.78. The van der Waals surface area contributed by atoms with Crippen LogP contribution in [0.4, 0.5) is 5.95 Å². The zero-order chi connectivity index (χ0) is 12.5. The van der Waals surface area contributed by atoms with E-state index in [2.05, 4.69) is 25.6 Å². The third kappa shape index (κ3) is 2.30. The zero-order valence-electron chi connectivity index (χ0n) is 10.9. The molecule has 5 nitrogen and oxygen atoms in total. The molecular formula is C13H19N5. The van der Waals surface area contributed by atoms with Crippen molar-refractivity contribution in [3.8, 4) is 0 Å². The molecule has 2 aliphatic rings. The quantitative estimate of drug-likeness (QED) is 0.791. The molecule has 0 saturated heterocycles. The molecule has 2 atom stereocenters. The maximum absolute atomic E-state index is 4.68. The number of aromatic nitrogens is 2. The molecular weight excluding hydrogens is 226 g/mol. The van der Waals surface area contributed by atoms with Crippen molar-refractivity contribution in [3.63, 3.8) is 0 Å². The number of nitrogens with one attached hydrogen (secondary N) is 2. The van der Waals surface area contributed by atoms with Gasteiger partial charge >= 0.3 is 0 Å². The van der Waals surface area contributed by atoms with Crippen molar-refractivity contribution in [1.82, 2.24) is 15.3 Å². The van der Waals surface area contributed by atoms with E-state index in [-0.39, 0.29) is 0 Å². The molecule has 0 bridgehead atoms. The molecule has 1 aliphatic heterocycles. The summed E-state index contributed by atoms with van der Waals surface area (Å²) in [7, 11) is 0. The lowest BCUT2D eigenvalue weighted by molar-refractivity contribution is 0.384. The molecule has 96 valence electrons. The molecule has 0 aromatic carbocycles. The van der Waals surface area contributed by atoms with Crippen LogP contribution in [0.3, 0.4) is 0 Å². The van der Waals surface area contributed by atoms with Crippen LogP contribution in [0.5, 0.6) is 0 Å². The van der Waals surface area contributed by atoms with Gasteiger partial charge in [0, 0.05) is 11.4 Å². The maximum Gasteiger partial charge on any atom is 0.229 e. The molecule has 0 radical (unpaired) electrons. The average molecular weight is 245 g/mol. The van der Waals surface area contributed by atoms with Gasteiger partial charge in [-0.1, -0.05) is 12.8 Å². The first-order valence-corrected chi connectivity index (χ1v) is 6.64. The van der Waals surface area contributed by atoms with Gasteiger partial charge in [-0.3, -0.25) is 5.32 Å². The second-order valence-corrected chi connectivity index (χ2v) is 5.18. The fourth-order valence-corrected chi connectivity index (χ4v) is 2.77. The Morgan fingerprint density at radius 2 is 1.89 bits per heavy atom. The Balaban J connectivity index is 1.73. The Labute approximate surface area is 107 Å². The van der Waals surface area contributed by atoms with E-state index in [1.807, 2.05) is 19.9 Å². The van der Waals surface area contributed by atoms with Gasteiger partial charge in [0.05, 0.1) is 12.1 Å². The molecule has 3 rings (SSSR count). The Bertz CT molecular complexity index is 462. The molecule has 1 aliphatic carbocycles. The minimum absolute atomic E-state index is 0.437. The second-order valence-electron chi connectivity index (χ2n) is 5.18. The topological polar surface area (TPSA) is 62.2 Å². The molecule has 0 unspecified atom stereocenters. The Hall–Kier alpha value is -1.65. The summed E-state index contributed by atoms with van der Waals surface area (Å²) >= 11 is 0. The number of fused-ring (bicyclic) bond motifs is 1. The molecule has 2 N–H and O–H groups in total. The van der Waals surface area contributed by atoms with Crippen LogP contribution >= 0.6 is 0 Å². The van der Waals surface area contributed by atoms with Crippen molar-refractivity contribution < 1.29 is 0 Å². The van der Waals surface area contributed by atoms with Gasteiger partial charge in [-0.15, -0.1) is 0 Å². The second kappa shape index (κ2) is 4.55. The standard InChI is InChI=1S/C13H19N5/c1-8-7-9(2)15-12(14-8)18-13-16-10-5-3-4-6-11(10)17-13/h7,10-11H,3-6H2,1-2H3,(H2,14,15,16,17,18)/t10-,11+. The summed E-state index contributed by atoms with van der Waals surface area (Å²) in [5, 5.41) is 6.63. The summed E-state index contributed by atoms with van der Waals surface area (Å²) in [4.78, 5) is 13.4. The van der Waals surface area contributed by atoms with Crippen LogP contribution in [0, 0.1) is 13.8 Å². The van der Waals surface area contributed by atoms with Crippen LogP contribution in [0.15, 0.2) is 11.1 Å². The third-order valence-electron chi connectivity index (χ3n) is 3.56. The first kappa shape index (κ1) is 11.4. The van der Waals surface area contributed by atoms with E-state index in [0.29, 0.717) is 18.0 Å². The van der Waals surface area contributed by atoms with Gasteiger partial charge in [-0.2, -0.15) is 0 Å². The van der Waals surface area contributed by atoms with Crippen LogP contribution < -0.4 is 10.6 Å². The molecule has 1 aromatic rings. The van der Waals surface area contributed by atoms with Crippen LogP contribution in [0.2, 0.25) is 0 Å². The van der Waals surface area contributed by atoms with E-state index in [1.54, 1.807) is 0 Å². The number of aliphatic imine (C=N–C) groups is 1. The SMILES string of the molecule is Cc1cc(C)nc(NC2=N[C@H]3CCCC[C@H]3N2)n1. The van der Waals surface area contributed by atoms with Crippen LogP contribution in [0.1, 0.15) is 37.1 Å². The molecule has 5 heteroatoms. The van der Waals surface area contributed by atoms with Gasteiger partial charge in [-0.25, -0.2) is 15.0 Å². The maximum atomic E-state index is 4.68. The number of aryl methyl sites for hydroxylation is 2. The van der Waals surface area contributed by atoms with Crippen molar-refractivity contribution in [1.29, 1.82) is 0 Å². The van der Waals surface area contributed by atoms with Crippen molar-refractivity contribution in [2.24, 2.45) is 4.99 Å². The summed E-state index contributed by atoms with van der Waals surface area (Å²) in [6.07, 6.45) is 5.00. The number of guanidine groups is 1. The summed E-state index contributed by atoms with van der Waals surface area (Å²) in [6.45, 7) is 3.95. The van der Waals surface area contributed by atoms with E-state index in [0.717, 1.165) is 17.3 Å². The number of rotatable bonds is 1. The van der Waals surface area contributed by atoms with E-state index in [1.165, 1.54) is 25.7 Å². The fourth-order valence-electron chi connectivity index (χ4n) is 2.77. The minimum Gasteiger partial charge on any atom is -0.351 e. The van der Waals surface area contributed by atoms with E-state index in [4.69, 9.17) is 0 Å². The van der Waals surface area contributed by atoms with Crippen molar-refractivity contribution in [2.75, 3.05) is 5.32 Å². The first-order valence-electron chi connectivity index (χ1n) is 6.64. The van der Waals surface area contributed by atoms with Crippen LogP contribution in [0.25, 0.3) is 0 Å². The summed E-state index contributed by atoms with van der Waals surface area (Å²) in [6, 6.07) is 2.91. The largest absolute Gasteiger partial charge is 0.351 e. The molecule has 2 heterocycles. The molecule has 1 fully saturated rings. The van der Waals surface area contributed by atoms with Gasteiger partial charge < -0.3 is 5.32 Å². The molecule has 1 saturated carbocycles. The summed E-state index contributed by atoms with van der Waals surface area (Å²) in [5.74, 6) is 1.47. The molecule has 0 spiro atoms. The van der Waals surface area contributed by atoms with Crippen molar-refractivity contribution >= 4 is 11.9 Å². The highest BCUT2D eigenvalue weighted by Gasteiger charge is 2.30. The lowest BCUT2D eigenvalue weighted by atomic mass is 9.92. The van der Waals surface area contributed by atoms with Crippen LogP contribution in [-0.2, 0) is 0 Å².